The quantitative estimate of drug-likeness (QED) is 0.877. The largest absolute Gasteiger partial charge is 0.367 e. The number of nitrogens with zero attached hydrogens (tertiary/aromatic N) is 2. The lowest BCUT2D eigenvalue weighted by Crippen LogP contribution is -2.16. The second kappa shape index (κ2) is 6.57. The van der Waals surface area contributed by atoms with Gasteiger partial charge in [-0.3, -0.25) is 0 Å². The van der Waals surface area contributed by atoms with Crippen LogP contribution in [0.4, 0.5) is 11.8 Å². The molecular weight excluding hydrogens is 260 g/mol. The van der Waals surface area contributed by atoms with Crippen LogP contribution in [0.15, 0.2) is 36.5 Å². The number of nitrogens with one attached hydrogen (secondary N) is 2. The molecule has 0 unspecified atom stereocenters. The number of hydrogen-bond acceptors (Lipinski definition) is 4. The zero-order chi connectivity index (χ0) is 14.5. The van der Waals surface area contributed by atoms with Gasteiger partial charge in [0.2, 0.25) is 5.95 Å². The molecule has 2 aromatic rings. The molecule has 110 valence electrons. The van der Waals surface area contributed by atoms with Crippen LogP contribution in [0.1, 0.15) is 36.8 Å². The monoisotopic (exact) mass is 282 g/mol. The highest BCUT2D eigenvalue weighted by atomic mass is 15.1. The van der Waals surface area contributed by atoms with E-state index in [2.05, 4.69) is 51.8 Å². The minimum atomic E-state index is 0.574. The zero-order valence-electron chi connectivity index (χ0n) is 12.5. The van der Waals surface area contributed by atoms with Gasteiger partial charge in [-0.05, 0) is 31.4 Å². The summed E-state index contributed by atoms with van der Waals surface area (Å²) in [6.45, 7) is 2.84. The van der Waals surface area contributed by atoms with E-state index in [0.717, 1.165) is 12.4 Å². The van der Waals surface area contributed by atoms with Gasteiger partial charge in [0.25, 0.3) is 0 Å². The fraction of sp³-hybridized carbons (Fsp3) is 0.412. The summed E-state index contributed by atoms with van der Waals surface area (Å²) < 4.78 is 0. The van der Waals surface area contributed by atoms with E-state index in [0.29, 0.717) is 12.0 Å². The lowest BCUT2D eigenvalue weighted by Gasteiger charge is -2.13. The van der Waals surface area contributed by atoms with Crippen LogP contribution in [-0.4, -0.2) is 16.0 Å². The number of rotatable bonds is 5. The fourth-order valence-electron chi connectivity index (χ4n) is 2.69. The number of aromatic nitrogens is 2. The fourth-order valence-corrected chi connectivity index (χ4v) is 2.69. The third kappa shape index (κ3) is 3.94. The molecule has 1 saturated carbocycles. The van der Waals surface area contributed by atoms with Crippen molar-refractivity contribution in [2.45, 2.75) is 45.2 Å². The summed E-state index contributed by atoms with van der Waals surface area (Å²) in [5.41, 5.74) is 2.51. The highest BCUT2D eigenvalue weighted by molar-refractivity contribution is 5.41. The lowest BCUT2D eigenvalue weighted by atomic mass is 10.1. The van der Waals surface area contributed by atoms with Gasteiger partial charge in [-0.2, -0.15) is 4.98 Å². The third-order valence-corrected chi connectivity index (χ3v) is 3.93. The normalized spacial score (nSPS) is 15.1. The highest BCUT2D eigenvalue weighted by Gasteiger charge is 2.14. The third-order valence-electron chi connectivity index (χ3n) is 3.93. The van der Waals surface area contributed by atoms with Crippen LogP contribution in [0, 0.1) is 6.92 Å². The molecule has 4 heteroatoms. The molecule has 1 heterocycles. The number of aryl methyl sites for hydroxylation is 1. The topological polar surface area (TPSA) is 49.8 Å². The zero-order valence-corrected chi connectivity index (χ0v) is 12.5. The predicted octanol–water partition coefficient (Wildman–Crippen LogP) is 3.75. The minimum absolute atomic E-state index is 0.574. The predicted molar refractivity (Wildman–Crippen MR) is 86.4 cm³/mol. The Morgan fingerprint density at radius 3 is 2.62 bits per heavy atom. The molecule has 0 aliphatic heterocycles. The Labute approximate surface area is 126 Å². The molecule has 4 nitrogen and oxygen atoms in total. The van der Waals surface area contributed by atoms with Crippen molar-refractivity contribution in [3.8, 4) is 0 Å². The van der Waals surface area contributed by atoms with Crippen molar-refractivity contribution in [3.05, 3.63) is 47.7 Å². The van der Waals surface area contributed by atoms with Crippen molar-refractivity contribution in [2.24, 2.45) is 0 Å². The Morgan fingerprint density at radius 2 is 1.86 bits per heavy atom. The molecule has 2 N–H and O–H groups in total. The van der Waals surface area contributed by atoms with Crippen LogP contribution in [0.3, 0.4) is 0 Å². The molecule has 0 saturated heterocycles. The van der Waals surface area contributed by atoms with E-state index in [1.165, 1.54) is 36.8 Å². The van der Waals surface area contributed by atoms with Crippen molar-refractivity contribution in [3.63, 3.8) is 0 Å². The molecule has 1 aliphatic rings. The van der Waals surface area contributed by atoms with Gasteiger partial charge in [-0.1, -0.05) is 42.7 Å². The highest BCUT2D eigenvalue weighted by Crippen LogP contribution is 2.21. The summed E-state index contributed by atoms with van der Waals surface area (Å²) in [6, 6.07) is 11.0. The van der Waals surface area contributed by atoms with Crippen molar-refractivity contribution < 1.29 is 0 Å². The molecule has 1 aromatic carbocycles. The Kier molecular flexibility index (Phi) is 4.34. The first kappa shape index (κ1) is 13.9. The van der Waals surface area contributed by atoms with E-state index in [9.17, 15) is 0 Å². The van der Waals surface area contributed by atoms with Gasteiger partial charge in [0, 0.05) is 18.8 Å². The van der Waals surface area contributed by atoms with Crippen LogP contribution < -0.4 is 10.6 Å². The maximum absolute atomic E-state index is 4.54. The molecule has 0 atom stereocenters. The van der Waals surface area contributed by atoms with E-state index < -0.39 is 0 Å². The maximum atomic E-state index is 4.54. The summed E-state index contributed by atoms with van der Waals surface area (Å²) in [4.78, 5) is 8.82. The average Bonchev–Trinajstić information content (AvgIpc) is 3.00. The molecular formula is C17H22N4. The van der Waals surface area contributed by atoms with Crippen molar-refractivity contribution in [1.82, 2.24) is 9.97 Å². The van der Waals surface area contributed by atoms with Crippen molar-refractivity contribution in [2.75, 3.05) is 10.6 Å². The Bertz CT molecular complexity index is 574. The SMILES string of the molecule is Cc1ccc(CNc2nccc(NC3CCCC3)n2)cc1. The second-order valence-electron chi connectivity index (χ2n) is 5.73. The molecule has 1 aromatic heterocycles. The van der Waals surface area contributed by atoms with Crippen LogP contribution in [0.5, 0.6) is 0 Å². The summed E-state index contributed by atoms with van der Waals surface area (Å²) in [5.74, 6) is 1.60. The number of anilines is 2. The molecule has 0 amide bonds. The van der Waals surface area contributed by atoms with Gasteiger partial charge < -0.3 is 10.6 Å². The van der Waals surface area contributed by atoms with E-state index in [4.69, 9.17) is 0 Å². The van der Waals surface area contributed by atoms with Crippen LogP contribution >= 0.6 is 0 Å². The molecule has 3 rings (SSSR count). The van der Waals surface area contributed by atoms with Crippen molar-refractivity contribution in [1.29, 1.82) is 0 Å². The Morgan fingerprint density at radius 1 is 1.10 bits per heavy atom. The Balaban J connectivity index is 1.58. The van der Waals surface area contributed by atoms with Gasteiger partial charge >= 0.3 is 0 Å². The van der Waals surface area contributed by atoms with E-state index in [1.54, 1.807) is 0 Å². The molecule has 0 bridgehead atoms. The lowest BCUT2D eigenvalue weighted by molar-refractivity contribution is 0.750. The maximum Gasteiger partial charge on any atom is 0.224 e. The smallest absolute Gasteiger partial charge is 0.224 e. The summed E-state index contributed by atoms with van der Waals surface area (Å²) in [5, 5.41) is 6.78. The van der Waals surface area contributed by atoms with E-state index in [-0.39, 0.29) is 0 Å². The van der Waals surface area contributed by atoms with Gasteiger partial charge in [0.05, 0.1) is 0 Å². The molecule has 1 fully saturated rings. The second-order valence-corrected chi connectivity index (χ2v) is 5.73. The first-order chi connectivity index (χ1) is 10.3. The van der Waals surface area contributed by atoms with Gasteiger partial charge in [0.15, 0.2) is 0 Å². The first-order valence-corrected chi connectivity index (χ1v) is 7.68. The van der Waals surface area contributed by atoms with Gasteiger partial charge in [-0.25, -0.2) is 4.98 Å². The summed E-state index contributed by atoms with van der Waals surface area (Å²) in [6.07, 6.45) is 6.94. The molecule has 0 spiro atoms. The standard InChI is InChI=1S/C17H22N4/c1-13-6-8-14(9-7-13)12-19-17-18-11-10-16(21-17)20-15-4-2-3-5-15/h6-11,15H,2-5,12H2,1H3,(H2,18,19,20,21). The van der Waals surface area contributed by atoms with Crippen LogP contribution in [0.25, 0.3) is 0 Å². The van der Waals surface area contributed by atoms with Crippen LogP contribution in [0.2, 0.25) is 0 Å². The average molecular weight is 282 g/mol. The van der Waals surface area contributed by atoms with E-state index >= 15 is 0 Å². The molecule has 0 radical (unpaired) electrons. The minimum Gasteiger partial charge on any atom is -0.367 e. The number of hydrogen-bond donors (Lipinski definition) is 2. The van der Waals surface area contributed by atoms with Gasteiger partial charge in [0.1, 0.15) is 5.82 Å². The van der Waals surface area contributed by atoms with Crippen LogP contribution in [-0.2, 0) is 6.54 Å². The Hall–Kier alpha value is -2.10. The summed E-state index contributed by atoms with van der Waals surface area (Å²) in [7, 11) is 0. The van der Waals surface area contributed by atoms with Gasteiger partial charge in [-0.15, -0.1) is 0 Å². The first-order valence-electron chi connectivity index (χ1n) is 7.68. The molecule has 1 aliphatic carbocycles. The summed E-state index contributed by atoms with van der Waals surface area (Å²) >= 11 is 0. The number of benzene rings is 1. The van der Waals surface area contributed by atoms with Crippen molar-refractivity contribution >= 4 is 11.8 Å². The van der Waals surface area contributed by atoms with E-state index in [1.807, 2.05) is 12.3 Å². The molecule has 21 heavy (non-hydrogen) atoms.